The molecule has 2 amide bonds. The van der Waals surface area contributed by atoms with E-state index in [-0.39, 0.29) is 43.6 Å². The number of carbonyl (C=O) groups is 2. The Hall–Kier alpha value is -3.35. The number of halogens is 2. The zero-order chi connectivity index (χ0) is 31.0. The molecule has 1 unspecified atom stereocenters. The highest BCUT2D eigenvalue weighted by atomic mass is 35.5. The minimum atomic E-state index is -3.66. The summed E-state index contributed by atoms with van der Waals surface area (Å²) < 4.78 is 43.3. The van der Waals surface area contributed by atoms with Crippen molar-refractivity contribution in [1.29, 1.82) is 0 Å². The molecule has 1 fully saturated rings. The Labute approximate surface area is 261 Å². The molecule has 0 aliphatic carbocycles. The van der Waals surface area contributed by atoms with Crippen molar-refractivity contribution < 1.29 is 32.2 Å². The third kappa shape index (κ3) is 8.61. The largest absolute Gasteiger partial charge is 0.497 e. The first-order chi connectivity index (χ1) is 20.6. The van der Waals surface area contributed by atoms with Gasteiger partial charge in [-0.3, -0.25) is 9.59 Å². The van der Waals surface area contributed by atoms with E-state index in [4.69, 9.17) is 37.4 Å². The van der Waals surface area contributed by atoms with Crippen LogP contribution in [0.3, 0.4) is 0 Å². The molecule has 1 heterocycles. The van der Waals surface area contributed by atoms with Crippen LogP contribution >= 0.6 is 23.2 Å². The molecule has 0 bridgehead atoms. The van der Waals surface area contributed by atoms with Crippen LogP contribution in [0.5, 0.6) is 11.5 Å². The van der Waals surface area contributed by atoms with Gasteiger partial charge in [-0.2, -0.15) is 4.31 Å². The van der Waals surface area contributed by atoms with E-state index in [1.807, 2.05) is 12.1 Å². The normalized spacial score (nSPS) is 14.5. The maximum absolute atomic E-state index is 13.4. The van der Waals surface area contributed by atoms with Crippen LogP contribution < -0.4 is 14.8 Å². The number of rotatable bonds is 12. The van der Waals surface area contributed by atoms with Crippen molar-refractivity contribution in [2.45, 2.75) is 31.0 Å². The molecule has 1 saturated heterocycles. The lowest BCUT2D eigenvalue weighted by atomic mass is 10.1. The highest BCUT2D eigenvalue weighted by molar-refractivity contribution is 7.89. The van der Waals surface area contributed by atoms with Crippen molar-refractivity contribution in [3.05, 3.63) is 87.9 Å². The number of benzene rings is 3. The molecule has 3 aromatic carbocycles. The molecule has 0 spiro atoms. The third-order valence-electron chi connectivity index (χ3n) is 6.94. The quantitative estimate of drug-likeness (QED) is 0.314. The van der Waals surface area contributed by atoms with Crippen molar-refractivity contribution in [1.82, 2.24) is 14.5 Å². The molecule has 1 aliphatic rings. The van der Waals surface area contributed by atoms with E-state index in [0.717, 1.165) is 5.56 Å². The SMILES string of the molecule is COc1ccc(CN(C(=O)COc2ccc(S(=O)(=O)N3CCOCC3)cc2)C(C)C(=O)NCc2ccc(Cl)cc2Cl)cc1. The van der Waals surface area contributed by atoms with Gasteiger partial charge < -0.3 is 24.4 Å². The zero-order valence-electron chi connectivity index (χ0n) is 23.8. The van der Waals surface area contributed by atoms with Gasteiger partial charge in [-0.25, -0.2) is 8.42 Å². The predicted molar refractivity (Wildman–Crippen MR) is 163 cm³/mol. The number of carbonyl (C=O) groups excluding carboxylic acids is 2. The Bertz CT molecular complexity index is 1510. The minimum absolute atomic E-state index is 0.125. The molecule has 0 radical (unpaired) electrons. The molecule has 1 atom stereocenters. The van der Waals surface area contributed by atoms with E-state index >= 15 is 0 Å². The second-order valence-corrected chi connectivity index (χ2v) is 12.6. The van der Waals surface area contributed by atoms with Crippen LogP contribution in [0.1, 0.15) is 18.1 Å². The van der Waals surface area contributed by atoms with E-state index in [1.165, 1.54) is 33.5 Å². The lowest BCUT2D eigenvalue weighted by Crippen LogP contribution is -2.48. The van der Waals surface area contributed by atoms with Crippen molar-refractivity contribution in [2.24, 2.45) is 0 Å². The minimum Gasteiger partial charge on any atom is -0.497 e. The summed E-state index contributed by atoms with van der Waals surface area (Å²) in [5.74, 6) is 0.154. The van der Waals surface area contributed by atoms with Gasteiger partial charge in [0.2, 0.25) is 15.9 Å². The summed E-state index contributed by atoms with van der Waals surface area (Å²) in [6.45, 7) is 2.83. The number of nitrogens with zero attached hydrogens (tertiary/aromatic N) is 2. The molecular weight excluding hydrogens is 617 g/mol. The zero-order valence-corrected chi connectivity index (χ0v) is 26.1. The Morgan fingerprint density at radius 3 is 2.28 bits per heavy atom. The van der Waals surface area contributed by atoms with Gasteiger partial charge in [0.25, 0.3) is 5.91 Å². The Morgan fingerprint density at radius 1 is 1.00 bits per heavy atom. The lowest BCUT2D eigenvalue weighted by molar-refractivity contribution is -0.142. The second-order valence-electron chi connectivity index (χ2n) is 9.78. The van der Waals surface area contributed by atoms with E-state index in [1.54, 1.807) is 44.4 Å². The lowest BCUT2D eigenvalue weighted by Gasteiger charge is -2.29. The monoisotopic (exact) mass is 649 g/mol. The van der Waals surface area contributed by atoms with E-state index in [9.17, 15) is 18.0 Å². The first kappa shape index (κ1) is 32.6. The molecule has 10 nitrogen and oxygen atoms in total. The van der Waals surface area contributed by atoms with Gasteiger partial charge in [0.15, 0.2) is 6.61 Å². The van der Waals surface area contributed by atoms with Crippen LogP contribution in [0.15, 0.2) is 71.6 Å². The Kier molecular flexibility index (Phi) is 11.3. The van der Waals surface area contributed by atoms with E-state index in [0.29, 0.717) is 40.3 Å². The molecule has 0 saturated carbocycles. The van der Waals surface area contributed by atoms with Crippen LogP contribution in [0.25, 0.3) is 0 Å². The highest BCUT2D eigenvalue weighted by Crippen LogP contribution is 2.22. The van der Waals surface area contributed by atoms with Gasteiger partial charge in [-0.1, -0.05) is 41.4 Å². The number of morpholine rings is 1. The van der Waals surface area contributed by atoms with Crippen LogP contribution in [0.2, 0.25) is 10.0 Å². The average molecular weight is 651 g/mol. The fraction of sp³-hybridized carbons (Fsp3) is 0.333. The van der Waals surface area contributed by atoms with Gasteiger partial charge in [0.1, 0.15) is 17.5 Å². The number of sulfonamides is 1. The molecular formula is C30H33Cl2N3O7S. The Morgan fingerprint density at radius 2 is 1.65 bits per heavy atom. The maximum Gasteiger partial charge on any atom is 0.261 e. The number of ether oxygens (including phenoxy) is 3. The van der Waals surface area contributed by atoms with Crippen LogP contribution in [-0.2, 0) is 37.4 Å². The van der Waals surface area contributed by atoms with E-state index in [2.05, 4.69) is 5.32 Å². The molecule has 4 rings (SSSR count). The molecule has 1 N–H and O–H groups in total. The molecule has 0 aromatic heterocycles. The van der Waals surface area contributed by atoms with Gasteiger partial charge in [-0.15, -0.1) is 0 Å². The summed E-state index contributed by atoms with van der Waals surface area (Å²) in [6, 6.07) is 17.2. The summed E-state index contributed by atoms with van der Waals surface area (Å²) in [5, 5.41) is 3.73. The molecule has 1 aliphatic heterocycles. The number of hydrogen-bond acceptors (Lipinski definition) is 7. The van der Waals surface area contributed by atoms with Crippen LogP contribution in [0, 0.1) is 0 Å². The maximum atomic E-state index is 13.4. The van der Waals surface area contributed by atoms with Gasteiger partial charge in [0.05, 0.1) is 25.2 Å². The first-order valence-electron chi connectivity index (χ1n) is 13.5. The van der Waals surface area contributed by atoms with Crippen molar-refractivity contribution in [3.63, 3.8) is 0 Å². The molecule has 13 heteroatoms. The van der Waals surface area contributed by atoms with Crippen LogP contribution in [0.4, 0.5) is 0 Å². The number of amides is 2. The summed E-state index contributed by atoms with van der Waals surface area (Å²) in [4.78, 5) is 28.1. The van der Waals surface area contributed by atoms with Gasteiger partial charge in [0, 0.05) is 36.2 Å². The Balaban J connectivity index is 1.44. The highest BCUT2D eigenvalue weighted by Gasteiger charge is 2.28. The van der Waals surface area contributed by atoms with Gasteiger partial charge in [-0.05, 0) is 66.6 Å². The van der Waals surface area contributed by atoms with Crippen molar-refractivity contribution in [2.75, 3.05) is 40.0 Å². The average Bonchev–Trinajstić information content (AvgIpc) is 3.02. The fourth-order valence-electron chi connectivity index (χ4n) is 4.38. The van der Waals surface area contributed by atoms with Crippen molar-refractivity contribution in [3.8, 4) is 11.5 Å². The summed E-state index contributed by atoms with van der Waals surface area (Å²) >= 11 is 12.2. The van der Waals surface area contributed by atoms with Gasteiger partial charge >= 0.3 is 0 Å². The fourth-order valence-corrected chi connectivity index (χ4v) is 6.26. The first-order valence-corrected chi connectivity index (χ1v) is 15.7. The summed E-state index contributed by atoms with van der Waals surface area (Å²) in [7, 11) is -2.10. The van der Waals surface area contributed by atoms with Crippen LogP contribution in [-0.4, -0.2) is 75.5 Å². The smallest absolute Gasteiger partial charge is 0.261 e. The number of hydrogen-bond donors (Lipinski definition) is 1. The number of methoxy groups -OCH3 is 1. The van der Waals surface area contributed by atoms with Crippen molar-refractivity contribution >= 4 is 45.0 Å². The molecule has 43 heavy (non-hydrogen) atoms. The topological polar surface area (TPSA) is 114 Å². The summed E-state index contributed by atoms with van der Waals surface area (Å²) in [6.07, 6.45) is 0. The predicted octanol–water partition coefficient (Wildman–Crippen LogP) is 4.14. The number of nitrogens with one attached hydrogen (secondary N) is 1. The summed E-state index contributed by atoms with van der Waals surface area (Å²) in [5.41, 5.74) is 1.47. The second kappa shape index (κ2) is 14.9. The molecule has 230 valence electrons. The molecule has 3 aromatic rings. The van der Waals surface area contributed by atoms with E-state index < -0.39 is 22.0 Å². The third-order valence-corrected chi connectivity index (χ3v) is 9.44. The standard InChI is InChI=1S/C30H33Cl2N3O7S/c1-21(30(37)33-18-23-5-6-24(31)17-28(23)32)35(19-22-3-7-25(40-2)8-4-22)29(36)20-42-26-9-11-27(12-10-26)43(38,39)34-13-15-41-16-14-34/h3-12,17,21H,13-16,18-20H2,1-2H3,(H,33,37).